The van der Waals surface area contributed by atoms with E-state index in [1.807, 2.05) is 12.1 Å². The first-order valence-electron chi connectivity index (χ1n) is 9.34. The van der Waals surface area contributed by atoms with Crippen molar-refractivity contribution in [1.29, 1.82) is 0 Å². The highest BCUT2D eigenvalue weighted by Crippen LogP contribution is 2.41. The minimum Gasteiger partial charge on any atom is -0.384 e. The highest BCUT2D eigenvalue weighted by atomic mass is 35.5. The zero-order chi connectivity index (χ0) is 17.8. The topological polar surface area (TPSA) is 50.4 Å². The molecule has 1 aromatic carbocycles. The van der Waals surface area contributed by atoms with E-state index in [0.717, 1.165) is 43.8 Å². The Balaban J connectivity index is 1.72. The van der Waals surface area contributed by atoms with Gasteiger partial charge in [0, 0.05) is 24.1 Å². The molecule has 1 aromatic rings. The zero-order valence-electron chi connectivity index (χ0n) is 15.1. The monoisotopic (exact) mass is 364 g/mol. The molecule has 2 fully saturated rings. The van der Waals surface area contributed by atoms with Crippen LogP contribution >= 0.6 is 11.6 Å². The fourth-order valence-electron chi connectivity index (χ4n) is 4.48. The van der Waals surface area contributed by atoms with Crippen molar-refractivity contribution in [3.05, 3.63) is 34.9 Å². The van der Waals surface area contributed by atoms with E-state index in [1.165, 1.54) is 18.4 Å². The number of benzene rings is 1. The Hall–Kier alpha value is -1.10. The van der Waals surface area contributed by atoms with Gasteiger partial charge in [0.1, 0.15) is 0 Å². The average Bonchev–Trinajstić information content (AvgIpc) is 3.11. The number of nitrogens with one attached hydrogen (secondary N) is 2. The minimum absolute atomic E-state index is 0.0431. The molecule has 138 valence electrons. The summed E-state index contributed by atoms with van der Waals surface area (Å²) in [5.74, 6) is 0.149. The highest BCUT2D eigenvalue weighted by molar-refractivity contribution is 6.30. The lowest BCUT2D eigenvalue weighted by atomic mass is 9.76. The van der Waals surface area contributed by atoms with E-state index >= 15 is 0 Å². The molecule has 0 radical (unpaired) electrons. The van der Waals surface area contributed by atoms with Gasteiger partial charge in [-0.1, -0.05) is 36.6 Å². The summed E-state index contributed by atoms with van der Waals surface area (Å²) < 4.78 is 5.40. The first-order valence-corrected chi connectivity index (χ1v) is 9.72. The largest absolute Gasteiger partial charge is 0.384 e. The number of carbonyl (C=O) groups is 1. The van der Waals surface area contributed by atoms with Crippen molar-refractivity contribution in [2.75, 3.05) is 33.4 Å². The van der Waals surface area contributed by atoms with Crippen molar-refractivity contribution in [3.8, 4) is 0 Å². The lowest BCUT2D eigenvalue weighted by Gasteiger charge is -2.37. The summed E-state index contributed by atoms with van der Waals surface area (Å²) in [6, 6.07) is 8.15. The van der Waals surface area contributed by atoms with Crippen LogP contribution in [0, 0.1) is 5.41 Å². The molecule has 0 atom stereocenters. The van der Waals surface area contributed by atoms with E-state index in [2.05, 4.69) is 22.8 Å². The Morgan fingerprint density at radius 2 is 1.80 bits per heavy atom. The van der Waals surface area contributed by atoms with Gasteiger partial charge < -0.3 is 15.4 Å². The minimum atomic E-state index is -0.389. The van der Waals surface area contributed by atoms with Gasteiger partial charge in [-0.25, -0.2) is 0 Å². The van der Waals surface area contributed by atoms with Crippen molar-refractivity contribution in [2.24, 2.45) is 5.41 Å². The van der Waals surface area contributed by atoms with Crippen molar-refractivity contribution >= 4 is 17.5 Å². The summed E-state index contributed by atoms with van der Waals surface area (Å²) in [7, 11) is 1.68. The summed E-state index contributed by atoms with van der Waals surface area (Å²) in [6.07, 6.45) is 6.33. The molecule has 0 aromatic heterocycles. The maximum Gasteiger partial charge on any atom is 0.228 e. The van der Waals surface area contributed by atoms with Gasteiger partial charge in [0.25, 0.3) is 0 Å². The van der Waals surface area contributed by atoms with Crippen molar-refractivity contribution in [3.63, 3.8) is 0 Å². The molecule has 5 heteroatoms. The van der Waals surface area contributed by atoms with Crippen LogP contribution in [0.5, 0.6) is 0 Å². The molecule has 0 unspecified atom stereocenters. The van der Waals surface area contributed by atoms with Gasteiger partial charge in [0.05, 0.1) is 12.0 Å². The fraction of sp³-hybridized carbons (Fsp3) is 0.650. The molecule has 2 aliphatic rings. The quantitative estimate of drug-likeness (QED) is 0.814. The molecule has 2 N–H and O–H groups in total. The Bertz CT molecular complexity index is 570. The first kappa shape index (κ1) is 18.7. The maximum atomic E-state index is 13.1. The standard InChI is InChI=1S/C20H29ClN2O2/c1-25-15-20(10-12-22-13-11-20)18(24)23-14-19(8-2-3-9-19)16-4-6-17(21)7-5-16/h4-7,22H,2-3,8-15H2,1H3,(H,23,24). The van der Waals surface area contributed by atoms with Crippen molar-refractivity contribution in [1.82, 2.24) is 10.6 Å². The van der Waals surface area contributed by atoms with Crippen LogP contribution in [0.2, 0.25) is 5.02 Å². The molecule has 4 nitrogen and oxygen atoms in total. The molecular formula is C20H29ClN2O2. The molecular weight excluding hydrogens is 336 g/mol. The molecule has 1 aliphatic carbocycles. The van der Waals surface area contributed by atoms with E-state index in [9.17, 15) is 4.79 Å². The second-order valence-electron chi connectivity index (χ2n) is 7.64. The zero-order valence-corrected chi connectivity index (χ0v) is 15.8. The van der Waals surface area contributed by atoms with Crippen LogP contribution in [-0.4, -0.2) is 39.3 Å². The Kier molecular flexibility index (Phi) is 6.03. The van der Waals surface area contributed by atoms with Crippen LogP contribution in [0.1, 0.15) is 44.1 Å². The van der Waals surface area contributed by atoms with E-state index in [1.54, 1.807) is 7.11 Å². The van der Waals surface area contributed by atoms with Gasteiger partial charge in [-0.2, -0.15) is 0 Å². The van der Waals surface area contributed by atoms with Gasteiger partial charge in [0.15, 0.2) is 0 Å². The van der Waals surface area contributed by atoms with Crippen LogP contribution < -0.4 is 10.6 Å². The number of methoxy groups -OCH3 is 1. The lowest BCUT2D eigenvalue weighted by Crippen LogP contribution is -2.52. The molecule has 25 heavy (non-hydrogen) atoms. The van der Waals surface area contributed by atoms with Crippen LogP contribution in [-0.2, 0) is 14.9 Å². The number of piperidine rings is 1. The predicted molar refractivity (Wildman–Crippen MR) is 101 cm³/mol. The van der Waals surface area contributed by atoms with Gasteiger partial charge in [-0.3, -0.25) is 4.79 Å². The van der Waals surface area contributed by atoms with Crippen LogP contribution in [0.4, 0.5) is 0 Å². The van der Waals surface area contributed by atoms with Crippen LogP contribution in [0.15, 0.2) is 24.3 Å². The second-order valence-corrected chi connectivity index (χ2v) is 8.08. The molecule has 1 heterocycles. The molecule has 0 bridgehead atoms. The summed E-state index contributed by atoms with van der Waals surface area (Å²) in [5, 5.41) is 7.39. The maximum absolute atomic E-state index is 13.1. The number of carbonyl (C=O) groups excluding carboxylic acids is 1. The van der Waals surface area contributed by atoms with Crippen molar-refractivity contribution < 1.29 is 9.53 Å². The predicted octanol–water partition coefficient (Wildman–Crippen LogP) is 3.28. The number of rotatable bonds is 6. The van der Waals surface area contributed by atoms with Gasteiger partial charge in [-0.05, 0) is 56.5 Å². The lowest BCUT2D eigenvalue weighted by molar-refractivity contribution is -0.136. The van der Waals surface area contributed by atoms with E-state index < -0.39 is 0 Å². The third-order valence-electron chi connectivity index (χ3n) is 6.07. The third-order valence-corrected chi connectivity index (χ3v) is 6.32. The summed E-state index contributed by atoms with van der Waals surface area (Å²) in [6.45, 7) is 2.94. The molecule has 1 saturated carbocycles. The number of hydrogen-bond donors (Lipinski definition) is 2. The molecule has 1 aliphatic heterocycles. The van der Waals surface area contributed by atoms with Gasteiger partial charge in [-0.15, -0.1) is 0 Å². The number of amides is 1. The average molecular weight is 365 g/mol. The smallest absolute Gasteiger partial charge is 0.228 e. The van der Waals surface area contributed by atoms with Crippen molar-refractivity contribution in [2.45, 2.75) is 43.9 Å². The Morgan fingerprint density at radius 1 is 1.16 bits per heavy atom. The van der Waals surface area contributed by atoms with E-state index in [-0.39, 0.29) is 16.7 Å². The SMILES string of the molecule is COCC1(C(=O)NCC2(c3ccc(Cl)cc3)CCCC2)CCNCC1. The van der Waals surface area contributed by atoms with Crippen LogP contribution in [0.3, 0.4) is 0 Å². The number of hydrogen-bond acceptors (Lipinski definition) is 3. The fourth-order valence-corrected chi connectivity index (χ4v) is 4.60. The molecule has 1 saturated heterocycles. The van der Waals surface area contributed by atoms with Gasteiger partial charge in [0.2, 0.25) is 5.91 Å². The summed E-state index contributed by atoms with van der Waals surface area (Å²) >= 11 is 6.06. The normalized spacial score (nSPS) is 21.8. The van der Waals surface area contributed by atoms with E-state index in [0.29, 0.717) is 13.2 Å². The first-order chi connectivity index (χ1) is 12.1. The Labute approximate surface area is 155 Å². The molecule has 1 amide bonds. The van der Waals surface area contributed by atoms with Crippen LogP contribution in [0.25, 0.3) is 0 Å². The number of ether oxygens (including phenoxy) is 1. The number of halogens is 1. The molecule has 3 rings (SSSR count). The van der Waals surface area contributed by atoms with E-state index in [4.69, 9.17) is 16.3 Å². The Morgan fingerprint density at radius 3 is 2.40 bits per heavy atom. The second kappa shape index (κ2) is 8.07. The summed E-state index contributed by atoms with van der Waals surface area (Å²) in [5.41, 5.74) is 0.946. The summed E-state index contributed by atoms with van der Waals surface area (Å²) in [4.78, 5) is 13.1. The third kappa shape index (κ3) is 4.02. The highest BCUT2D eigenvalue weighted by Gasteiger charge is 2.42. The molecule has 0 spiro atoms. The van der Waals surface area contributed by atoms with Gasteiger partial charge >= 0.3 is 0 Å².